The fraction of sp³-hybridized carbons (Fsp3) is 0.333. The van der Waals surface area contributed by atoms with Crippen molar-refractivity contribution in [3.8, 4) is 5.75 Å². The molecule has 2 amide bonds. The van der Waals surface area contributed by atoms with E-state index in [4.69, 9.17) is 4.74 Å². The lowest BCUT2D eigenvalue weighted by Gasteiger charge is -2.34. The fourth-order valence-electron chi connectivity index (χ4n) is 2.96. The lowest BCUT2D eigenvalue weighted by atomic mass is 10.1. The van der Waals surface area contributed by atoms with E-state index in [0.717, 1.165) is 10.6 Å². The van der Waals surface area contributed by atoms with Crippen LogP contribution in [0.3, 0.4) is 0 Å². The average Bonchev–Trinajstić information content (AvgIpc) is 2.69. The molecule has 142 valence electrons. The van der Waals surface area contributed by atoms with Gasteiger partial charge in [-0.25, -0.2) is 0 Å². The summed E-state index contributed by atoms with van der Waals surface area (Å²) >= 11 is 1.67. The zero-order chi connectivity index (χ0) is 19.4. The second-order valence-electron chi connectivity index (χ2n) is 6.54. The number of nitrogens with zero attached hydrogens (tertiary/aromatic N) is 1. The Bertz CT molecular complexity index is 853. The SMILES string of the molecule is CNC(=O)[C@@H]1CN(C(=O)CCSc2ccc(C)c(C)c2)c2ccccc2O1. The Hall–Kier alpha value is -2.47. The number of rotatable bonds is 5. The van der Waals surface area contributed by atoms with Gasteiger partial charge in [0, 0.05) is 24.1 Å². The highest BCUT2D eigenvalue weighted by molar-refractivity contribution is 7.99. The Morgan fingerprint density at radius 1 is 1.19 bits per heavy atom. The first-order chi connectivity index (χ1) is 13.0. The van der Waals surface area contributed by atoms with Crippen molar-refractivity contribution in [3.05, 3.63) is 53.6 Å². The number of anilines is 1. The van der Waals surface area contributed by atoms with E-state index in [1.165, 1.54) is 11.1 Å². The minimum absolute atomic E-state index is 0.00372. The molecular weight excluding hydrogens is 360 g/mol. The van der Waals surface area contributed by atoms with Gasteiger partial charge in [0.25, 0.3) is 5.91 Å². The molecule has 1 heterocycles. The number of carbonyl (C=O) groups is 2. The molecule has 1 aliphatic heterocycles. The molecule has 0 spiro atoms. The van der Waals surface area contributed by atoms with Crippen molar-refractivity contribution in [3.63, 3.8) is 0 Å². The van der Waals surface area contributed by atoms with Gasteiger partial charge in [0.05, 0.1) is 12.2 Å². The Balaban J connectivity index is 1.67. The van der Waals surface area contributed by atoms with Crippen LogP contribution in [0.15, 0.2) is 47.4 Å². The molecule has 3 rings (SSSR count). The van der Waals surface area contributed by atoms with Gasteiger partial charge in [-0.2, -0.15) is 0 Å². The highest BCUT2D eigenvalue weighted by Gasteiger charge is 2.32. The summed E-state index contributed by atoms with van der Waals surface area (Å²) in [5.74, 6) is 1.01. The minimum atomic E-state index is -0.693. The van der Waals surface area contributed by atoms with Gasteiger partial charge in [0.2, 0.25) is 5.91 Å². The summed E-state index contributed by atoms with van der Waals surface area (Å²) in [7, 11) is 1.57. The summed E-state index contributed by atoms with van der Waals surface area (Å²) < 4.78 is 5.75. The highest BCUT2D eigenvalue weighted by Crippen LogP contribution is 2.34. The maximum Gasteiger partial charge on any atom is 0.262 e. The Kier molecular flexibility index (Phi) is 6.06. The van der Waals surface area contributed by atoms with Crippen molar-refractivity contribution in [2.45, 2.75) is 31.3 Å². The highest BCUT2D eigenvalue weighted by atomic mass is 32.2. The van der Waals surface area contributed by atoms with Gasteiger partial charge in [-0.15, -0.1) is 11.8 Å². The minimum Gasteiger partial charge on any atom is -0.477 e. The molecule has 0 fully saturated rings. The van der Waals surface area contributed by atoms with Gasteiger partial charge in [-0.05, 0) is 49.2 Å². The van der Waals surface area contributed by atoms with Gasteiger partial charge < -0.3 is 15.0 Å². The van der Waals surface area contributed by atoms with Crippen LogP contribution in [-0.4, -0.2) is 37.3 Å². The summed E-state index contributed by atoms with van der Waals surface area (Å²) in [6.45, 7) is 4.41. The average molecular weight is 385 g/mol. The first-order valence-electron chi connectivity index (χ1n) is 8.97. The van der Waals surface area contributed by atoms with E-state index in [1.807, 2.05) is 18.2 Å². The molecule has 1 aliphatic rings. The van der Waals surface area contributed by atoms with Crippen molar-refractivity contribution in [2.24, 2.45) is 0 Å². The third kappa shape index (κ3) is 4.45. The number of nitrogens with one attached hydrogen (secondary N) is 1. The number of carbonyl (C=O) groups excluding carboxylic acids is 2. The number of fused-ring (bicyclic) bond motifs is 1. The zero-order valence-electron chi connectivity index (χ0n) is 15.8. The predicted molar refractivity (Wildman–Crippen MR) is 109 cm³/mol. The van der Waals surface area contributed by atoms with Gasteiger partial charge in [-0.3, -0.25) is 9.59 Å². The van der Waals surface area contributed by atoms with Crippen LogP contribution >= 0.6 is 11.8 Å². The van der Waals surface area contributed by atoms with E-state index in [9.17, 15) is 9.59 Å². The van der Waals surface area contributed by atoms with Crippen molar-refractivity contribution < 1.29 is 14.3 Å². The van der Waals surface area contributed by atoms with Crippen LogP contribution in [-0.2, 0) is 9.59 Å². The van der Waals surface area contributed by atoms with Gasteiger partial charge in [-0.1, -0.05) is 18.2 Å². The van der Waals surface area contributed by atoms with E-state index in [1.54, 1.807) is 29.8 Å². The Morgan fingerprint density at radius 2 is 1.96 bits per heavy atom. The number of para-hydroxylation sites is 2. The summed E-state index contributed by atoms with van der Waals surface area (Å²) in [6.07, 6.45) is -0.298. The maximum atomic E-state index is 12.9. The fourth-order valence-corrected chi connectivity index (χ4v) is 3.90. The second-order valence-corrected chi connectivity index (χ2v) is 7.71. The van der Waals surface area contributed by atoms with Gasteiger partial charge in [0.1, 0.15) is 5.75 Å². The number of benzene rings is 2. The normalized spacial score (nSPS) is 15.7. The van der Waals surface area contributed by atoms with E-state index in [-0.39, 0.29) is 18.4 Å². The summed E-state index contributed by atoms with van der Waals surface area (Å²) in [5.41, 5.74) is 3.24. The predicted octanol–water partition coefficient (Wildman–Crippen LogP) is 3.33. The van der Waals surface area contributed by atoms with E-state index >= 15 is 0 Å². The van der Waals surface area contributed by atoms with Crippen LogP contribution < -0.4 is 15.0 Å². The molecule has 2 aromatic carbocycles. The van der Waals surface area contributed by atoms with Gasteiger partial charge >= 0.3 is 0 Å². The van der Waals surface area contributed by atoms with Crippen molar-refractivity contribution in [1.29, 1.82) is 0 Å². The third-order valence-electron chi connectivity index (χ3n) is 4.68. The first kappa shape index (κ1) is 19.3. The number of likely N-dealkylation sites (N-methyl/N-ethyl adjacent to an activating group) is 1. The topological polar surface area (TPSA) is 58.6 Å². The molecule has 0 saturated carbocycles. The van der Waals surface area contributed by atoms with Crippen LogP contribution in [0, 0.1) is 13.8 Å². The second kappa shape index (κ2) is 8.48. The van der Waals surface area contributed by atoms with Crippen LogP contribution in [0.2, 0.25) is 0 Å². The summed E-state index contributed by atoms with van der Waals surface area (Å²) in [5, 5.41) is 2.59. The largest absolute Gasteiger partial charge is 0.477 e. The Morgan fingerprint density at radius 3 is 2.70 bits per heavy atom. The van der Waals surface area contributed by atoms with Crippen LogP contribution in [0.25, 0.3) is 0 Å². The standard InChI is InChI=1S/C21H24N2O3S/c1-14-8-9-16(12-15(14)2)27-11-10-20(24)23-13-19(21(25)22-3)26-18-7-5-4-6-17(18)23/h4-9,12,19H,10-11,13H2,1-3H3,(H,22,25)/t19-/m0/s1. The van der Waals surface area contributed by atoms with Crippen molar-refractivity contribution in [1.82, 2.24) is 5.32 Å². The van der Waals surface area contributed by atoms with Gasteiger partial charge in [0.15, 0.2) is 6.10 Å². The van der Waals surface area contributed by atoms with Crippen LogP contribution in [0.5, 0.6) is 5.75 Å². The number of hydrogen-bond donors (Lipinski definition) is 1. The molecule has 0 saturated heterocycles. The summed E-state index contributed by atoms with van der Waals surface area (Å²) in [6, 6.07) is 13.7. The lowest BCUT2D eigenvalue weighted by molar-refractivity contribution is -0.127. The lowest BCUT2D eigenvalue weighted by Crippen LogP contribution is -2.50. The molecule has 0 unspecified atom stereocenters. The van der Waals surface area contributed by atoms with Crippen LogP contribution in [0.4, 0.5) is 5.69 Å². The quantitative estimate of drug-likeness (QED) is 0.804. The monoisotopic (exact) mass is 384 g/mol. The molecule has 2 aromatic rings. The van der Waals surface area contributed by atoms with E-state index in [2.05, 4.69) is 37.4 Å². The third-order valence-corrected chi connectivity index (χ3v) is 5.67. The van der Waals surface area contributed by atoms with Crippen molar-refractivity contribution >= 4 is 29.3 Å². The Labute approximate surface area is 164 Å². The van der Waals surface area contributed by atoms with E-state index < -0.39 is 6.10 Å². The van der Waals surface area contributed by atoms with E-state index in [0.29, 0.717) is 17.9 Å². The van der Waals surface area contributed by atoms with Crippen LogP contribution in [0.1, 0.15) is 17.5 Å². The molecular formula is C21H24N2O3S. The maximum absolute atomic E-state index is 12.9. The molecule has 1 N–H and O–H groups in total. The molecule has 0 aromatic heterocycles. The molecule has 5 nitrogen and oxygen atoms in total. The molecule has 6 heteroatoms. The summed E-state index contributed by atoms with van der Waals surface area (Å²) in [4.78, 5) is 27.7. The zero-order valence-corrected chi connectivity index (χ0v) is 16.6. The first-order valence-corrected chi connectivity index (χ1v) is 9.96. The molecule has 0 bridgehead atoms. The number of aryl methyl sites for hydroxylation is 2. The number of hydrogen-bond acceptors (Lipinski definition) is 4. The number of amides is 2. The smallest absolute Gasteiger partial charge is 0.262 e. The van der Waals surface area contributed by atoms with Crippen molar-refractivity contribution in [2.75, 3.05) is 24.2 Å². The molecule has 1 atom stereocenters. The molecule has 27 heavy (non-hydrogen) atoms. The number of ether oxygens (including phenoxy) is 1. The molecule has 0 aliphatic carbocycles. The molecule has 0 radical (unpaired) electrons. The number of thioether (sulfide) groups is 1.